The monoisotopic (exact) mass is 1120 g/mol. The number of carbonyl (C=O) groups is 8. The highest BCUT2D eigenvalue weighted by molar-refractivity contribution is 5.81. The van der Waals surface area contributed by atoms with E-state index in [-0.39, 0.29) is 99.0 Å². The Bertz CT molecular complexity index is 1950. The zero-order chi connectivity index (χ0) is 58.6. The van der Waals surface area contributed by atoms with Gasteiger partial charge >= 0.3 is 47.8 Å². The van der Waals surface area contributed by atoms with Crippen LogP contribution < -0.4 is 0 Å². The van der Waals surface area contributed by atoms with Gasteiger partial charge in [0, 0.05) is 0 Å². The Kier molecular flexibility index (Phi) is 26.6. The van der Waals surface area contributed by atoms with Crippen molar-refractivity contribution in [1.29, 1.82) is 0 Å². The summed E-state index contributed by atoms with van der Waals surface area (Å²) in [6.07, 6.45) is 25.1. The van der Waals surface area contributed by atoms with Crippen LogP contribution in [0.4, 0.5) is 0 Å². The third-order valence-electron chi connectivity index (χ3n) is 18.7. The lowest BCUT2D eigenvalue weighted by atomic mass is 9.49. The molecular formula is C63H104O16. The van der Waals surface area contributed by atoms with Gasteiger partial charge in [0.15, 0.2) is 13.2 Å². The van der Waals surface area contributed by atoms with Crippen LogP contribution in [0.3, 0.4) is 0 Å². The summed E-state index contributed by atoms with van der Waals surface area (Å²) in [6, 6.07) is 0. The standard InChI is InChI=1S/C19H30O4.C15H24O4.C15H26O4.C14H24O4/c1-4-18(2,3)16(20)22-5-6-23-17(21)19-10-13-7-14(11-19)9-15(8-13)12-19;1-4-15(2,3)14(17)18-9-13(16)19-12-8-10-5-6-11(12)7-10;1-4-15(2,3)14(17)19-11-10-18-13(16)12-8-6-5-7-9-12;1-4-14(2,3)13(16)17-10-12(15)18-11-8-6-5-7-9-11/h13-15H,4-12H2,1-3H3;10-12H,4-9H2,1-3H3;12H,4-11H2,1-3H3;11H,4-10H2,1-3H3. The smallest absolute Gasteiger partial charge is 0.344 e. The minimum atomic E-state index is -0.537. The number of fused-ring (bicyclic) bond motifs is 2. The molecular weight excluding hydrogens is 1010 g/mol. The molecule has 0 aromatic rings. The quantitative estimate of drug-likeness (QED) is 0.0560. The molecule has 6 bridgehead atoms. The van der Waals surface area contributed by atoms with Crippen LogP contribution in [0.5, 0.6) is 0 Å². The number of rotatable bonds is 22. The Hall–Kier alpha value is -4.24. The maximum atomic E-state index is 12.6. The fraction of sp³-hybridized carbons (Fsp3) is 0.873. The van der Waals surface area contributed by atoms with Crippen molar-refractivity contribution in [3.63, 3.8) is 0 Å². The zero-order valence-electron chi connectivity index (χ0n) is 50.9. The van der Waals surface area contributed by atoms with Crippen molar-refractivity contribution in [2.24, 2.45) is 62.6 Å². The first-order valence-corrected chi connectivity index (χ1v) is 30.6. The minimum absolute atomic E-state index is 0.0177. The van der Waals surface area contributed by atoms with Crippen LogP contribution in [0.1, 0.15) is 237 Å². The molecule has 8 fully saturated rings. The second kappa shape index (κ2) is 31.3. The Morgan fingerprint density at radius 3 is 1.20 bits per heavy atom. The van der Waals surface area contributed by atoms with Crippen LogP contribution in [0.2, 0.25) is 0 Å². The van der Waals surface area contributed by atoms with Gasteiger partial charge in [0.05, 0.1) is 33.0 Å². The van der Waals surface area contributed by atoms with Gasteiger partial charge in [0.2, 0.25) is 0 Å². The summed E-state index contributed by atoms with van der Waals surface area (Å²) in [5, 5.41) is 0. The van der Waals surface area contributed by atoms with Crippen LogP contribution in [0.15, 0.2) is 0 Å². The Labute approximate surface area is 474 Å². The summed E-state index contributed by atoms with van der Waals surface area (Å²) in [5.74, 6) is 1.40. The highest BCUT2D eigenvalue weighted by Gasteiger charge is 2.55. The van der Waals surface area contributed by atoms with Crippen LogP contribution in [0.25, 0.3) is 0 Å². The van der Waals surface area contributed by atoms with Gasteiger partial charge < -0.3 is 37.9 Å². The van der Waals surface area contributed by atoms with Crippen LogP contribution >= 0.6 is 0 Å². The molecule has 8 rings (SSSR count). The normalized spacial score (nSPS) is 25.3. The van der Waals surface area contributed by atoms with Crippen molar-refractivity contribution < 1.29 is 76.3 Å². The Morgan fingerprint density at radius 2 is 0.797 bits per heavy atom. The maximum absolute atomic E-state index is 12.6. The van der Waals surface area contributed by atoms with Gasteiger partial charge in [-0.3, -0.25) is 28.8 Å². The Morgan fingerprint density at radius 1 is 0.405 bits per heavy atom. The lowest BCUT2D eigenvalue weighted by molar-refractivity contribution is -0.175. The van der Waals surface area contributed by atoms with Gasteiger partial charge in [-0.2, -0.15) is 0 Å². The van der Waals surface area contributed by atoms with E-state index in [0.29, 0.717) is 18.8 Å². The van der Waals surface area contributed by atoms with E-state index >= 15 is 0 Å². The number of carbonyl (C=O) groups excluding carboxylic acids is 8. The summed E-state index contributed by atoms with van der Waals surface area (Å²) in [4.78, 5) is 94.6. The molecule has 0 spiro atoms. The average Bonchev–Trinajstić information content (AvgIpc) is 4.13. The summed E-state index contributed by atoms with van der Waals surface area (Å²) >= 11 is 0. The predicted molar refractivity (Wildman–Crippen MR) is 298 cm³/mol. The Balaban J connectivity index is 0.000000228. The first-order valence-electron chi connectivity index (χ1n) is 30.6. The molecule has 0 aromatic carbocycles. The van der Waals surface area contributed by atoms with Crippen molar-refractivity contribution in [1.82, 2.24) is 0 Å². The van der Waals surface area contributed by atoms with Gasteiger partial charge in [-0.25, -0.2) is 9.59 Å². The summed E-state index contributed by atoms with van der Waals surface area (Å²) in [6.45, 7) is 22.6. The number of hydrogen-bond acceptors (Lipinski definition) is 16. The summed E-state index contributed by atoms with van der Waals surface area (Å²) in [5.41, 5.74) is -2.23. The van der Waals surface area contributed by atoms with Gasteiger partial charge in [-0.15, -0.1) is 0 Å². The largest absolute Gasteiger partial charge is 0.462 e. The van der Waals surface area contributed by atoms with E-state index in [1.165, 1.54) is 51.4 Å². The molecule has 0 N–H and O–H groups in total. The van der Waals surface area contributed by atoms with Crippen molar-refractivity contribution in [3.8, 4) is 0 Å². The SMILES string of the molecule is CCC(C)(C)C(=O)OCC(=O)OC1CC2CCC1C2.CCC(C)(C)C(=O)OCC(=O)OC1CCCCC1.CCC(C)(C)C(=O)OCCOC(=O)C12CC3CC(CC(C3)C1)C2.CCC(C)(C)C(=O)OCCOC(=O)C1CCCCC1. The molecule has 452 valence electrons. The molecule has 79 heavy (non-hydrogen) atoms. The van der Waals surface area contributed by atoms with E-state index in [2.05, 4.69) is 0 Å². The van der Waals surface area contributed by atoms with E-state index in [1.807, 2.05) is 83.1 Å². The van der Waals surface area contributed by atoms with Gasteiger partial charge in [0.25, 0.3) is 0 Å². The van der Waals surface area contributed by atoms with E-state index in [9.17, 15) is 38.4 Å². The summed E-state index contributed by atoms with van der Waals surface area (Å²) < 4.78 is 41.8. The molecule has 8 aliphatic carbocycles. The molecule has 0 saturated heterocycles. The van der Waals surface area contributed by atoms with Gasteiger partial charge in [0.1, 0.15) is 38.6 Å². The number of ether oxygens (including phenoxy) is 8. The van der Waals surface area contributed by atoms with Gasteiger partial charge in [-0.1, -0.05) is 53.4 Å². The lowest BCUT2D eigenvalue weighted by Crippen LogP contribution is -2.50. The molecule has 3 atom stereocenters. The van der Waals surface area contributed by atoms with Crippen LogP contribution in [-0.2, 0) is 76.3 Å². The summed E-state index contributed by atoms with van der Waals surface area (Å²) in [7, 11) is 0. The average molecular weight is 1120 g/mol. The fourth-order valence-corrected chi connectivity index (χ4v) is 12.1. The first kappa shape index (κ1) is 67.3. The lowest BCUT2D eigenvalue weighted by Gasteiger charge is -2.55. The van der Waals surface area contributed by atoms with Crippen molar-refractivity contribution in [2.75, 3.05) is 39.6 Å². The van der Waals surface area contributed by atoms with Crippen molar-refractivity contribution in [3.05, 3.63) is 0 Å². The van der Waals surface area contributed by atoms with Crippen LogP contribution in [-0.4, -0.2) is 99.6 Å². The molecule has 16 heteroatoms. The highest BCUT2D eigenvalue weighted by Crippen LogP contribution is 2.60. The molecule has 3 unspecified atom stereocenters. The third kappa shape index (κ3) is 21.2. The molecule has 8 saturated carbocycles. The second-order valence-electron chi connectivity index (χ2n) is 26.7. The minimum Gasteiger partial charge on any atom is -0.462 e. The van der Waals surface area contributed by atoms with E-state index < -0.39 is 33.6 Å². The third-order valence-corrected chi connectivity index (χ3v) is 18.7. The van der Waals surface area contributed by atoms with Crippen LogP contribution in [0, 0.1) is 62.6 Å². The zero-order valence-corrected chi connectivity index (χ0v) is 50.9. The van der Waals surface area contributed by atoms with Crippen molar-refractivity contribution >= 4 is 47.8 Å². The van der Waals surface area contributed by atoms with Crippen molar-refractivity contribution in [2.45, 2.75) is 249 Å². The molecule has 16 nitrogen and oxygen atoms in total. The first-order chi connectivity index (χ1) is 37.2. The molecule has 0 aliphatic heterocycles. The number of esters is 8. The predicted octanol–water partition coefficient (Wildman–Crippen LogP) is 12.4. The number of hydrogen-bond donors (Lipinski definition) is 0. The maximum Gasteiger partial charge on any atom is 0.344 e. The molecule has 0 amide bonds. The molecule has 0 radical (unpaired) electrons. The van der Waals surface area contributed by atoms with E-state index in [4.69, 9.17) is 37.9 Å². The van der Waals surface area contributed by atoms with E-state index in [0.717, 1.165) is 114 Å². The second-order valence-corrected chi connectivity index (χ2v) is 26.7. The van der Waals surface area contributed by atoms with E-state index in [1.54, 1.807) is 0 Å². The highest BCUT2D eigenvalue weighted by atomic mass is 16.6. The molecule has 0 heterocycles. The molecule has 8 aliphatic rings. The van der Waals surface area contributed by atoms with Gasteiger partial charge in [-0.05, 0) is 213 Å². The topological polar surface area (TPSA) is 210 Å². The fourth-order valence-electron chi connectivity index (χ4n) is 12.1. The molecule has 0 aromatic heterocycles.